The molecule has 0 aliphatic rings. The number of rotatable bonds is 7. The highest BCUT2D eigenvalue weighted by Gasteiger charge is 2.15. The lowest BCUT2D eigenvalue weighted by Gasteiger charge is -2.26. The number of hydrogen-bond donors (Lipinski definition) is 2. The Hall–Kier alpha value is -3.71. The summed E-state index contributed by atoms with van der Waals surface area (Å²) in [4.78, 5) is 17.8. The number of H-pyrrole nitrogens is 1. The van der Waals surface area contributed by atoms with Crippen LogP contribution in [0.1, 0.15) is 23.6 Å². The normalized spacial score (nSPS) is 10.8. The van der Waals surface area contributed by atoms with Crippen molar-refractivity contribution < 1.29 is 9.13 Å². The summed E-state index contributed by atoms with van der Waals surface area (Å²) in [6.45, 7) is 2.88. The van der Waals surface area contributed by atoms with Gasteiger partial charge in [-0.3, -0.25) is 4.79 Å². The first-order chi connectivity index (χ1) is 16.4. The minimum atomic E-state index is -0.319. The molecule has 0 aliphatic carbocycles. The lowest BCUT2D eigenvalue weighted by atomic mass is 10.1. The van der Waals surface area contributed by atoms with Crippen molar-refractivity contribution in [2.24, 2.45) is 0 Å². The van der Waals surface area contributed by atoms with E-state index in [0.717, 1.165) is 28.6 Å². The lowest BCUT2D eigenvalue weighted by molar-refractivity contribution is 0.406. The molecule has 4 aromatic rings. The number of aromatic nitrogens is 1. The summed E-state index contributed by atoms with van der Waals surface area (Å²) >= 11 is 5.70. The Bertz CT molecular complexity index is 1350. The molecule has 4 rings (SSSR count). The van der Waals surface area contributed by atoms with Crippen LogP contribution >= 0.6 is 12.2 Å². The zero-order valence-corrected chi connectivity index (χ0v) is 19.9. The number of nitrogens with zero attached hydrogens (tertiary/aromatic N) is 1. The van der Waals surface area contributed by atoms with Gasteiger partial charge in [-0.15, -0.1) is 0 Å². The highest BCUT2D eigenvalue weighted by atomic mass is 32.1. The maximum atomic E-state index is 13.3. The molecule has 1 aromatic heterocycles. The van der Waals surface area contributed by atoms with Crippen molar-refractivity contribution in [3.63, 3.8) is 0 Å². The Kier molecular flexibility index (Phi) is 7.23. The molecule has 0 bridgehead atoms. The molecular formula is C27H26FN3O2S. The van der Waals surface area contributed by atoms with Gasteiger partial charge in [0.25, 0.3) is 5.56 Å². The molecule has 0 amide bonds. The second-order valence-corrected chi connectivity index (χ2v) is 8.43. The molecule has 0 saturated carbocycles. The van der Waals surface area contributed by atoms with Crippen LogP contribution in [-0.2, 0) is 19.5 Å². The smallest absolute Gasteiger partial charge is 0.253 e. The highest BCUT2D eigenvalue weighted by molar-refractivity contribution is 7.80. The topological polar surface area (TPSA) is 57.4 Å². The molecule has 7 heteroatoms. The molecule has 0 fully saturated rings. The first-order valence-corrected chi connectivity index (χ1v) is 11.4. The molecule has 3 aromatic carbocycles. The van der Waals surface area contributed by atoms with Crippen LogP contribution in [0.5, 0.6) is 5.75 Å². The van der Waals surface area contributed by atoms with Crippen molar-refractivity contribution in [1.82, 2.24) is 9.88 Å². The van der Waals surface area contributed by atoms with Crippen LogP contribution in [0.25, 0.3) is 10.9 Å². The second kappa shape index (κ2) is 10.5. The molecule has 2 N–H and O–H groups in total. The van der Waals surface area contributed by atoms with Gasteiger partial charge < -0.3 is 19.9 Å². The van der Waals surface area contributed by atoms with Crippen LogP contribution in [0.15, 0.2) is 77.6 Å². The predicted molar refractivity (Wildman–Crippen MR) is 139 cm³/mol. The summed E-state index contributed by atoms with van der Waals surface area (Å²) in [5.74, 6) is 0.445. The van der Waals surface area contributed by atoms with E-state index in [1.54, 1.807) is 19.2 Å². The number of aryl methyl sites for hydroxylation is 1. The van der Waals surface area contributed by atoms with Crippen LogP contribution in [0, 0.1) is 5.82 Å². The van der Waals surface area contributed by atoms with E-state index in [-0.39, 0.29) is 11.4 Å². The molecule has 0 radical (unpaired) electrons. The third kappa shape index (κ3) is 5.61. The van der Waals surface area contributed by atoms with Crippen molar-refractivity contribution in [1.29, 1.82) is 0 Å². The number of pyridine rings is 1. The Morgan fingerprint density at radius 3 is 2.38 bits per heavy atom. The maximum Gasteiger partial charge on any atom is 0.253 e. The van der Waals surface area contributed by atoms with Crippen molar-refractivity contribution >= 4 is 33.9 Å². The quantitative estimate of drug-likeness (QED) is 0.339. The molecule has 0 spiro atoms. The largest absolute Gasteiger partial charge is 0.497 e. The minimum Gasteiger partial charge on any atom is -0.497 e. The summed E-state index contributed by atoms with van der Waals surface area (Å²) in [5, 5.41) is 4.58. The molecule has 0 saturated heterocycles. The summed E-state index contributed by atoms with van der Waals surface area (Å²) < 4.78 is 18.6. The van der Waals surface area contributed by atoms with E-state index in [0.29, 0.717) is 29.5 Å². The van der Waals surface area contributed by atoms with E-state index in [1.807, 2.05) is 47.4 Å². The van der Waals surface area contributed by atoms with Crippen LogP contribution in [0.4, 0.5) is 10.1 Å². The van der Waals surface area contributed by atoms with Gasteiger partial charge in [-0.2, -0.15) is 0 Å². The Balaban J connectivity index is 1.64. The average molecular weight is 476 g/mol. The van der Waals surface area contributed by atoms with E-state index >= 15 is 0 Å². The molecule has 174 valence electrons. The monoisotopic (exact) mass is 475 g/mol. The van der Waals surface area contributed by atoms with Crippen molar-refractivity contribution in [2.45, 2.75) is 26.4 Å². The number of aromatic amines is 1. The number of methoxy groups -OCH3 is 1. The van der Waals surface area contributed by atoms with Gasteiger partial charge in [0.15, 0.2) is 5.11 Å². The molecule has 0 unspecified atom stereocenters. The summed E-state index contributed by atoms with van der Waals surface area (Å²) in [6.07, 6.45) is 0.916. The van der Waals surface area contributed by atoms with Gasteiger partial charge in [-0.1, -0.05) is 25.1 Å². The number of anilines is 1. The fourth-order valence-corrected chi connectivity index (χ4v) is 3.98. The number of fused-ring (bicyclic) bond motifs is 1. The SMILES string of the molecule is CCc1ccc2[nH]c(=O)c(CN(Cc3ccc(OC)cc3)C(=S)Nc3ccc(F)cc3)cc2c1. The Labute approximate surface area is 203 Å². The van der Waals surface area contributed by atoms with E-state index in [9.17, 15) is 9.18 Å². The van der Waals surface area contributed by atoms with Crippen LogP contribution in [0.3, 0.4) is 0 Å². The van der Waals surface area contributed by atoms with E-state index in [4.69, 9.17) is 17.0 Å². The summed E-state index contributed by atoms with van der Waals surface area (Å²) in [5.41, 5.74) is 4.15. The van der Waals surface area contributed by atoms with Crippen molar-refractivity contribution in [3.8, 4) is 5.75 Å². The third-order valence-corrected chi connectivity index (χ3v) is 6.03. The van der Waals surface area contributed by atoms with E-state index < -0.39 is 0 Å². The van der Waals surface area contributed by atoms with Gasteiger partial charge >= 0.3 is 0 Å². The Morgan fingerprint density at radius 2 is 1.71 bits per heavy atom. The summed E-state index contributed by atoms with van der Waals surface area (Å²) in [6, 6.07) is 21.7. The number of hydrogen-bond acceptors (Lipinski definition) is 3. The molecule has 0 aliphatic heterocycles. The molecule has 1 heterocycles. The van der Waals surface area contributed by atoms with Crippen LogP contribution < -0.4 is 15.6 Å². The van der Waals surface area contributed by atoms with Gasteiger partial charge in [0.2, 0.25) is 0 Å². The molecular weight excluding hydrogens is 449 g/mol. The molecule has 5 nitrogen and oxygen atoms in total. The summed E-state index contributed by atoms with van der Waals surface area (Å²) in [7, 11) is 1.62. The van der Waals surface area contributed by atoms with Gasteiger partial charge in [-0.25, -0.2) is 4.39 Å². The zero-order valence-electron chi connectivity index (χ0n) is 19.1. The van der Waals surface area contributed by atoms with Crippen molar-refractivity contribution in [3.05, 3.63) is 106 Å². The predicted octanol–water partition coefficient (Wildman–Crippen LogP) is 5.64. The lowest BCUT2D eigenvalue weighted by Crippen LogP contribution is -2.35. The molecule has 34 heavy (non-hydrogen) atoms. The first-order valence-electron chi connectivity index (χ1n) is 11.0. The number of benzene rings is 3. The number of halogens is 1. The zero-order chi connectivity index (χ0) is 24.1. The van der Waals surface area contributed by atoms with Gasteiger partial charge in [-0.05, 0) is 89.7 Å². The van der Waals surface area contributed by atoms with Crippen LogP contribution in [-0.4, -0.2) is 22.1 Å². The number of thiocarbonyl (C=S) groups is 1. The Morgan fingerprint density at radius 1 is 1.00 bits per heavy atom. The average Bonchev–Trinajstić information content (AvgIpc) is 2.85. The minimum absolute atomic E-state index is 0.152. The number of ether oxygens (including phenoxy) is 1. The first kappa shape index (κ1) is 23.4. The van der Waals surface area contributed by atoms with Gasteiger partial charge in [0, 0.05) is 23.3 Å². The van der Waals surface area contributed by atoms with Crippen molar-refractivity contribution in [2.75, 3.05) is 12.4 Å². The third-order valence-electron chi connectivity index (χ3n) is 5.67. The standard InChI is InChI=1S/C27H26FN3O2S/c1-3-18-6-13-25-20(14-18)15-21(26(32)30-25)17-31(16-19-4-11-24(33-2)12-5-19)27(34)29-23-9-7-22(28)8-10-23/h4-15H,3,16-17H2,1-2H3,(H,29,34)(H,30,32). The highest BCUT2D eigenvalue weighted by Crippen LogP contribution is 2.19. The molecule has 0 atom stereocenters. The second-order valence-electron chi connectivity index (χ2n) is 8.04. The van der Waals surface area contributed by atoms with Gasteiger partial charge in [0.1, 0.15) is 11.6 Å². The van der Waals surface area contributed by atoms with E-state index in [1.165, 1.54) is 17.7 Å². The number of nitrogens with one attached hydrogen (secondary N) is 2. The van der Waals surface area contributed by atoms with E-state index in [2.05, 4.69) is 23.3 Å². The fourth-order valence-electron chi connectivity index (χ4n) is 3.73. The maximum absolute atomic E-state index is 13.3. The van der Waals surface area contributed by atoms with Crippen LogP contribution in [0.2, 0.25) is 0 Å². The fraction of sp³-hybridized carbons (Fsp3) is 0.185. The van der Waals surface area contributed by atoms with Gasteiger partial charge in [0.05, 0.1) is 13.7 Å².